The van der Waals surface area contributed by atoms with E-state index >= 15 is 0 Å². The van der Waals surface area contributed by atoms with Crippen molar-refractivity contribution in [3.63, 3.8) is 0 Å². The van der Waals surface area contributed by atoms with Crippen LogP contribution < -0.4 is 14.8 Å². The molecule has 3 rings (SSSR count). The minimum Gasteiger partial charge on any atom is -0.479 e. The first-order valence-electron chi connectivity index (χ1n) is 7.09. The van der Waals surface area contributed by atoms with Gasteiger partial charge in [-0.2, -0.15) is 0 Å². The smallest absolute Gasteiger partial charge is 0.322 e. The summed E-state index contributed by atoms with van der Waals surface area (Å²) in [5, 5.41) is 6.72. The Morgan fingerprint density at radius 2 is 1.88 bits per heavy atom. The van der Waals surface area contributed by atoms with Crippen molar-refractivity contribution in [2.75, 3.05) is 12.4 Å². The molecule has 0 spiro atoms. The van der Waals surface area contributed by atoms with Crippen molar-refractivity contribution >= 4 is 11.6 Å². The van der Waals surface area contributed by atoms with E-state index in [0.717, 1.165) is 0 Å². The number of hydrogen-bond acceptors (Lipinski definition) is 6. The fourth-order valence-electron chi connectivity index (χ4n) is 2.00. The lowest BCUT2D eigenvalue weighted by molar-refractivity contribution is 0.102. The molecule has 0 atom stereocenters. The van der Waals surface area contributed by atoms with Crippen LogP contribution in [0.15, 0.2) is 48.9 Å². The molecule has 0 bridgehead atoms. The molecule has 0 fully saturated rings. The number of carbonyl (C=O) groups excluding carboxylic acids is 1. The van der Waals surface area contributed by atoms with E-state index in [4.69, 9.17) is 9.47 Å². The SMILES string of the molecule is COc1nn(C)cc1C(=O)Nc1cnc(Oc2ccccc2)nc1. The van der Waals surface area contributed by atoms with Gasteiger partial charge in [0, 0.05) is 13.2 Å². The predicted octanol–water partition coefficient (Wildman–Crippen LogP) is 2.26. The van der Waals surface area contributed by atoms with Gasteiger partial charge in [-0.1, -0.05) is 18.2 Å². The first-order chi connectivity index (χ1) is 11.7. The van der Waals surface area contributed by atoms with Gasteiger partial charge in [-0.25, -0.2) is 9.97 Å². The van der Waals surface area contributed by atoms with Gasteiger partial charge >= 0.3 is 6.01 Å². The van der Waals surface area contributed by atoms with Crippen LogP contribution in [0.5, 0.6) is 17.6 Å². The predicted molar refractivity (Wildman–Crippen MR) is 86.3 cm³/mol. The molecule has 2 aromatic heterocycles. The third kappa shape index (κ3) is 3.49. The maximum absolute atomic E-state index is 12.3. The monoisotopic (exact) mass is 325 g/mol. The van der Waals surface area contributed by atoms with Gasteiger partial charge in [0.05, 0.1) is 25.2 Å². The summed E-state index contributed by atoms with van der Waals surface area (Å²) in [6, 6.07) is 9.38. The van der Waals surface area contributed by atoms with Gasteiger partial charge in [-0.15, -0.1) is 5.10 Å². The third-order valence-electron chi connectivity index (χ3n) is 3.07. The number of aromatic nitrogens is 4. The zero-order chi connectivity index (χ0) is 16.9. The summed E-state index contributed by atoms with van der Waals surface area (Å²) in [4.78, 5) is 20.4. The lowest BCUT2D eigenvalue weighted by Crippen LogP contribution is -2.12. The van der Waals surface area contributed by atoms with Crippen molar-refractivity contribution in [2.24, 2.45) is 7.05 Å². The second-order valence-corrected chi connectivity index (χ2v) is 4.85. The molecule has 0 aliphatic heterocycles. The molecule has 0 saturated carbocycles. The molecule has 1 N–H and O–H groups in total. The second kappa shape index (κ2) is 6.78. The fourth-order valence-corrected chi connectivity index (χ4v) is 2.00. The first kappa shape index (κ1) is 15.5. The Bertz CT molecular complexity index is 831. The molecule has 0 aliphatic rings. The van der Waals surface area contributed by atoms with E-state index in [9.17, 15) is 4.79 Å². The van der Waals surface area contributed by atoms with E-state index in [1.165, 1.54) is 24.2 Å². The molecule has 2 heterocycles. The minimum atomic E-state index is -0.361. The van der Waals surface area contributed by atoms with Crippen molar-refractivity contribution in [1.29, 1.82) is 0 Å². The number of anilines is 1. The van der Waals surface area contributed by atoms with Crippen molar-refractivity contribution in [2.45, 2.75) is 0 Å². The van der Waals surface area contributed by atoms with E-state index in [1.807, 2.05) is 18.2 Å². The molecule has 0 radical (unpaired) electrons. The fraction of sp³-hybridized carbons (Fsp3) is 0.125. The highest BCUT2D eigenvalue weighted by atomic mass is 16.5. The average molecular weight is 325 g/mol. The highest BCUT2D eigenvalue weighted by molar-refractivity contribution is 6.05. The topological polar surface area (TPSA) is 91.2 Å². The van der Waals surface area contributed by atoms with Crippen LogP contribution in [0.1, 0.15) is 10.4 Å². The normalized spacial score (nSPS) is 10.2. The van der Waals surface area contributed by atoms with Crippen LogP contribution in [0.4, 0.5) is 5.69 Å². The molecule has 3 aromatic rings. The summed E-state index contributed by atoms with van der Waals surface area (Å²) >= 11 is 0. The number of hydrogen-bond donors (Lipinski definition) is 1. The molecular weight excluding hydrogens is 310 g/mol. The Morgan fingerprint density at radius 1 is 1.17 bits per heavy atom. The lowest BCUT2D eigenvalue weighted by Gasteiger charge is -2.06. The Balaban J connectivity index is 1.68. The van der Waals surface area contributed by atoms with Gasteiger partial charge in [0.2, 0.25) is 5.88 Å². The van der Waals surface area contributed by atoms with Crippen LogP contribution in [0.2, 0.25) is 0 Å². The lowest BCUT2D eigenvalue weighted by atomic mass is 10.3. The number of carbonyl (C=O) groups is 1. The van der Waals surface area contributed by atoms with E-state index in [2.05, 4.69) is 20.4 Å². The number of methoxy groups -OCH3 is 1. The third-order valence-corrected chi connectivity index (χ3v) is 3.07. The zero-order valence-electron chi connectivity index (χ0n) is 13.1. The van der Waals surface area contributed by atoms with Gasteiger partial charge in [0.1, 0.15) is 11.3 Å². The van der Waals surface area contributed by atoms with Crippen LogP contribution in [0.25, 0.3) is 0 Å². The zero-order valence-corrected chi connectivity index (χ0v) is 13.1. The molecule has 0 saturated heterocycles. The van der Waals surface area contributed by atoms with Crippen molar-refractivity contribution in [1.82, 2.24) is 19.7 Å². The molecule has 122 valence electrons. The largest absolute Gasteiger partial charge is 0.479 e. The van der Waals surface area contributed by atoms with Gasteiger partial charge < -0.3 is 14.8 Å². The molecule has 0 unspecified atom stereocenters. The quantitative estimate of drug-likeness (QED) is 0.774. The number of rotatable bonds is 5. The highest BCUT2D eigenvalue weighted by Crippen LogP contribution is 2.19. The molecule has 8 heteroatoms. The van der Waals surface area contributed by atoms with Crippen LogP contribution in [-0.4, -0.2) is 32.8 Å². The van der Waals surface area contributed by atoms with Crippen molar-refractivity contribution in [3.8, 4) is 17.6 Å². The van der Waals surface area contributed by atoms with Crippen molar-refractivity contribution in [3.05, 3.63) is 54.5 Å². The summed E-state index contributed by atoms with van der Waals surface area (Å²) in [7, 11) is 3.16. The minimum absolute atomic E-state index is 0.193. The summed E-state index contributed by atoms with van der Waals surface area (Å²) in [5.74, 6) is 0.523. The van der Waals surface area contributed by atoms with Gasteiger partial charge in [0.15, 0.2) is 0 Å². The Hall–Kier alpha value is -3.42. The summed E-state index contributed by atoms with van der Waals surface area (Å²) in [5.41, 5.74) is 0.760. The van der Waals surface area contributed by atoms with E-state index < -0.39 is 0 Å². The summed E-state index contributed by atoms with van der Waals surface area (Å²) < 4.78 is 12.1. The van der Waals surface area contributed by atoms with Crippen LogP contribution in [-0.2, 0) is 7.05 Å². The number of nitrogens with zero attached hydrogens (tertiary/aromatic N) is 4. The molecule has 1 amide bonds. The van der Waals surface area contributed by atoms with Crippen LogP contribution in [0, 0.1) is 0 Å². The Morgan fingerprint density at radius 3 is 2.54 bits per heavy atom. The summed E-state index contributed by atoms with van der Waals surface area (Å²) in [6.45, 7) is 0. The number of ether oxygens (including phenoxy) is 2. The van der Waals surface area contributed by atoms with E-state index in [-0.39, 0.29) is 17.8 Å². The number of amides is 1. The average Bonchev–Trinajstić information content (AvgIpc) is 2.99. The highest BCUT2D eigenvalue weighted by Gasteiger charge is 2.16. The number of nitrogens with one attached hydrogen (secondary N) is 1. The van der Waals surface area contributed by atoms with Gasteiger partial charge in [-0.05, 0) is 12.1 Å². The molecular formula is C16H15N5O3. The molecule has 1 aromatic carbocycles. The first-order valence-corrected chi connectivity index (χ1v) is 7.09. The number of benzene rings is 1. The van der Waals surface area contributed by atoms with Gasteiger partial charge in [-0.3, -0.25) is 9.48 Å². The number of aryl methyl sites for hydroxylation is 1. The van der Waals surface area contributed by atoms with E-state index in [0.29, 0.717) is 17.0 Å². The molecule has 24 heavy (non-hydrogen) atoms. The molecule has 0 aliphatic carbocycles. The maximum atomic E-state index is 12.3. The van der Waals surface area contributed by atoms with Crippen LogP contribution >= 0.6 is 0 Å². The number of para-hydroxylation sites is 1. The van der Waals surface area contributed by atoms with E-state index in [1.54, 1.807) is 25.4 Å². The standard InChI is InChI=1S/C16H15N5O3/c1-21-10-13(15(20-21)23-2)14(22)19-11-8-17-16(18-9-11)24-12-6-4-3-5-7-12/h3-10H,1-2H3,(H,19,22). The van der Waals surface area contributed by atoms with Crippen LogP contribution in [0.3, 0.4) is 0 Å². The maximum Gasteiger partial charge on any atom is 0.322 e. The Labute approximate surface area is 138 Å². The van der Waals surface area contributed by atoms with Crippen molar-refractivity contribution < 1.29 is 14.3 Å². The molecule has 8 nitrogen and oxygen atoms in total. The van der Waals surface area contributed by atoms with Gasteiger partial charge in [0.25, 0.3) is 5.91 Å². The Kier molecular flexibility index (Phi) is 4.37. The second-order valence-electron chi connectivity index (χ2n) is 4.85. The summed E-state index contributed by atoms with van der Waals surface area (Å²) in [6.07, 6.45) is 4.50.